The summed E-state index contributed by atoms with van der Waals surface area (Å²) < 4.78 is 5.15. The van der Waals surface area contributed by atoms with Crippen molar-refractivity contribution in [2.45, 2.75) is 32.4 Å². The highest BCUT2D eigenvalue weighted by molar-refractivity contribution is 7.09. The fourth-order valence-electron chi connectivity index (χ4n) is 2.88. The number of carbonyl (C=O) groups excluding carboxylic acids is 3. The van der Waals surface area contributed by atoms with Gasteiger partial charge >= 0.3 is 5.97 Å². The number of hydrogen-bond donors (Lipinski definition) is 1. The number of hydrogen-bond acceptors (Lipinski definition) is 5. The molecular formula is C24H23NO4S. The molecule has 1 N–H and O–H groups in total. The molecular weight excluding hydrogens is 398 g/mol. The Bertz CT molecular complexity index is 982. The molecule has 0 radical (unpaired) electrons. The van der Waals surface area contributed by atoms with Crippen molar-refractivity contribution in [3.8, 4) is 11.1 Å². The molecule has 6 heteroatoms. The molecule has 3 aromatic rings. The van der Waals surface area contributed by atoms with Gasteiger partial charge in [-0.1, -0.05) is 60.7 Å². The second-order valence-electron chi connectivity index (χ2n) is 6.80. The molecule has 1 amide bonds. The van der Waals surface area contributed by atoms with Gasteiger partial charge in [0.1, 0.15) is 0 Å². The second-order valence-corrected chi connectivity index (χ2v) is 7.83. The van der Waals surface area contributed by atoms with Crippen LogP contribution in [-0.4, -0.2) is 23.8 Å². The van der Waals surface area contributed by atoms with Crippen molar-refractivity contribution in [1.82, 2.24) is 5.32 Å². The third-order valence-corrected chi connectivity index (χ3v) is 5.44. The fraction of sp³-hybridized carbons (Fsp3) is 0.208. The van der Waals surface area contributed by atoms with E-state index < -0.39 is 12.1 Å². The highest BCUT2D eigenvalue weighted by atomic mass is 32.1. The van der Waals surface area contributed by atoms with Gasteiger partial charge in [0, 0.05) is 16.9 Å². The first-order chi connectivity index (χ1) is 14.5. The van der Waals surface area contributed by atoms with Gasteiger partial charge in [-0.25, -0.2) is 0 Å². The molecule has 30 heavy (non-hydrogen) atoms. The molecule has 154 valence electrons. The third kappa shape index (κ3) is 6.12. The predicted molar refractivity (Wildman–Crippen MR) is 117 cm³/mol. The van der Waals surface area contributed by atoms with E-state index in [1.807, 2.05) is 60.0 Å². The monoisotopic (exact) mass is 421 g/mol. The van der Waals surface area contributed by atoms with Gasteiger partial charge in [-0.3, -0.25) is 14.4 Å². The number of thiophene rings is 1. The number of nitrogens with one attached hydrogen (secondary N) is 1. The van der Waals surface area contributed by atoms with E-state index in [-0.39, 0.29) is 24.5 Å². The zero-order chi connectivity index (χ0) is 21.3. The van der Waals surface area contributed by atoms with E-state index in [9.17, 15) is 14.4 Å². The molecule has 0 unspecified atom stereocenters. The number of Topliss-reactive ketones (excluding diaryl/α,β-unsaturated/α-hetero) is 1. The van der Waals surface area contributed by atoms with E-state index in [1.165, 1.54) is 18.3 Å². The van der Waals surface area contributed by atoms with Gasteiger partial charge in [0.15, 0.2) is 11.9 Å². The molecule has 0 aliphatic carbocycles. The van der Waals surface area contributed by atoms with E-state index in [2.05, 4.69) is 5.32 Å². The summed E-state index contributed by atoms with van der Waals surface area (Å²) in [6, 6.07) is 21.0. The van der Waals surface area contributed by atoms with E-state index in [0.717, 1.165) is 16.0 Å². The van der Waals surface area contributed by atoms with Gasteiger partial charge in [0.25, 0.3) is 5.91 Å². The van der Waals surface area contributed by atoms with Crippen molar-refractivity contribution in [3.63, 3.8) is 0 Å². The van der Waals surface area contributed by atoms with Crippen LogP contribution in [0.5, 0.6) is 0 Å². The Hall–Kier alpha value is -3.25. The van der Waals surface area contributed by atoms with E-state index in [1.54, 1.807) is 12.1 Å². The summed E-state index contributed by atoms with van der Waals surface area (Å²) >= 11 is 1.54. The van der Waals surface area contributed by atoms with Crippen LogP contribution in [0.1, 0.15) is 35.0 Å². The van der Waals surface area contributed by atoms with Crippen molar-refractivity contribution in [3.05, 3.63) is 82.6 Å². The maximum absolute atomic E-state index is 12.4. The van der Waals surface area contributed by atoms with Gasteiger partial charge in [0.05, 0.1) is 13.0 Å². The van der Waals surface area contributed by atoms with Crippen LogP contribution in [0.4, 0.5) is 0 Å². The number of esters is 1. The minimum Gasteiger partial charge on any atom is -0.453 e. The Morgan fingerprint density at radius 3 is 2.27 bits per heavy atom. The Morgan fingerprint density at radius 1 is 0.900 bits per heavy atom. The summed E-state index contributed by atoms with van der Waals surface area (Å²) in [5, 5.41) is 4.65. The molecule has 5 nitrogen and oxygen atoms in total. The summed E-state index contributed by atoms with van der Waals surface area (Å²) in [6.07, 6.45) is -0.938. The Kier molecular flexibility index (Phi) is 7.51. The summed E-state index contributed by atoms with van der Waals surface area (Å²) in [5.74, 6) is -1.07. The lowest BCUT2D eigenvalue weighted by Gasteiger charge is -2.13. The molecule has 0 spiro atoms. The van der Waals surface area contributed by atoms with Crippen molar-refractivity contribution in [2.24, 2.45) is 0 Å². The maximum atomic E-state index is 12.4. The van der Waals surface area contributed by atoms with Gasteiger partial charge < -0.3 is 10.1 Å². The van der Waals surface area contributed by atoms with Gasteiger partial charge in [0.2, 0.25) is 0 Å². The molecule has 0 saturated heterocycles. The normalized spacial score (nSPS) is 11.5. The van der Waals surface area contributed by atoms with Crippen molar-refractivity contribution in [2.75, 3.05) is 0 Å². The first kappa shape index (κ1) is 21.5. The lowest BCUT2D eigenvalue weighted by Crippen LogP contribution is -2.35. The highest BCUT2D eigenvalue weighted by Gasteiger charge is 2.18. The minimum atomic E-state index is -0.905. The maximum Gasteiger partial charge on any atom is 0.307 e. The van der Waals surface area contributed by atoms with Gasteiger partial charge in [-0.2, -0.15) is 0 Å². The Morgan fingerprint density at radius 2 is 1.60 bits per heavy atom. The molecule has 0 fully saturated rings. The average molecular weight is 422 g/mol. The molecule has 1 atom stereocenters. The fourth-order valence-corrected chi connectivity index (χ4v) is 3.52. The summed E-state index contributed by atoms with van der Waals surface area (Å²) in [4.78, 5) is 37.4. The standard InChI is InChI=1S/C24H23NO4S/c1-17(24(28)25-16-21-8-5-15-30-21)29-23(27)14-13-22(26)20-11-9-19(10-12-20)18-6-3-2-4-7-18/h2-12,15,17H,13-14,16H2,1H3,(H,25,28)/t17-/m1/s1. The molecule has 0 saturated carbocycles. The van der Waals surface area contributed by atoms with Crippen LogP contribution in [-0.2, 0) is 20.9 Å². The number of carbonyl (C=O) groups is 3. The lowest BCUT2D eigenvalue weighted by atomic mass is 10.0. The average Bonchev–Trinajstić information content (AvgIpc) is 3.30. The first-order valence-corrected chi connectivity index (χ1v) is 10.6. The largest absolute Gasteiger partial charge is 0.453 e. The van der Waals surface area contributed by atoms with Crippen LogP contribution >= 0.6 is 11.3 Å². The lowest BCUT2D eigenvalue weighted by molar-refractivity contribution is -0.154. The minimum absolute atomic E-state index is 0.0348. The van der Waals surface area contributed by atoms with E-state index >= 15 is 0 Å². The van der Waals surface area contributed by atoms with Crippen LogP contribution in [0.15, 0.2) is 72.1 Å². The van der Waals surface area contributed by atoms with Gasteiger partial charge in [-0.05, 0) is 29.5 Å². The van der Waals surface area contributed by atoms with Crippen LogP contribution in [0.25, 0.3) is 11.1 Å². The highest BCUT2D eigenvalue weighted by Crippen LogP contribution is 2.20. The number of amides is 1. The summed E-state index contributed by atoms with van der Waals surface area (Å²) in [6.45, 7) is 1.92. The molecule has 3 rings (SSSR count). The predicted octanol–water partition coefficient (Wildman–Crippen LogP) is 4.63. The molecule has 0 bridgehead atoms. The first-order valence-electron chi connectivity index (χ1n) is 9.71. The Balaban J connectivity index is 1.43. The van der Waals surface area contributed by atoms with E-state index in [0.29, 0.717) is 12.1 Å². The third-order valence-electron chi connectivity index (χ3n) is 4.56. The van der Waals surface area contributed by atoms with Crippen molar-refractivity contribution >= 4 is 29.0 Å². The summed E-state index contributed by atoms with van der Waals surface area (Å²) in [5.41, 5.74) is 2.64. The van der Waals surface area contributed by atoms with E-state index in [4.69, 9.17) is 4.74 Å². The molecule has 0 aliphatic heterocycles. The topological polar surface area (TPSA) is 72.5 Å². The van der Waals surface area contributed by atoms with Crippen molar-refractivity contribution in [1.29, 1.82) is 0 Å². The van der Waals surface area contributed by atoms with Crippen LogP contribution in [0.2, 0.25) is 0 Å². The summed E-state index contributed by atoms with van der Waals surface area (Å²) in [7, 11) is 0. The number of ketones is 1. The molecule has 0 aliphatic rings. The number of benzene rings is 2. The van der Waals surface area contributed by atoms with Crippen LogP contribution in [0, 0.1) is 0 Å². The smallest absolute Gasteiger partial charge is 0.307 e. The number of rotatable bonds is 9. The zero-order valence-corrected chi connectivity index (χ0v) is 17.5. The molecule has 1 aromatic heterocycles. The SMILES string of the molecule is C[C@@H](OC(=O)CCC(=O)c1ccc(-c2ccccc2)cc1)C(=O)NCc1cccs1. The molecule has 1 heterocycles. The second kappa shape index (κ2) is 10.5. The van der Waals surface area contributed by atoms with Gasteiger partial charge in [-0.15, -0.1) is 11.3 Å². The van der Waals surface area contributed by atoms with Crippen LogP contribution < -0.4 is 5.32 Å². The molecule has 2 aromatic carbocycles. The van der Waals surface area contributed by atoms with Crippen LogP contribution in [0.3, 0.4) is 0 Å². The quantitative estimate of drug-likeness (QED) is 0.404. The Labute approximate surface area is 179 Å². The number of ether oxygens (including phenoxy) is 1. The zero-order valence-electron chi connectivity index (χ0n) is 16.7. The van der Waals surface area contributed by atoms with Crippen molar-refractivity contribution < 1.29 is 19.1 Å².